The topological polar surface area (TPSA) is 58.2 Å². The molecule has 0 bridgehead atoms. The number of amides is 2. The predicted octanol–water partition coefficient (Wildman–Crippen LogP) is 4.89. The Kier molecular flexibility index (Phi) is 5.97. The SMILES string of the molecule is O=C(NCc1ccccc1)c1ccc(C(=O)Nc2ccc(C(F)(F)F)cc2)cc1. The van der Waals surface area contributed by atoms with Gasteiger partial charge in [-0.25, -0.2) is 0 Å². The second-order valence-electron chi connectivity index (χ2n) is 6.27. The lowest BCUT2D eigenvalue weighted by Gasteiger charge is -2.09. The summed E-state index contributed by atoms with van der Waals surface area (Å²) in [5.74, 6) is -0.760. The normalized spacial score (nSPS) is 11.0. The molecule has 0 saturated heterocycles. The van der Waals surface area contributed by atoms with Gasteiger partial charge in [-0.05, 0) is 54.1 Å². The minimum Gasteiger partial charge on any atom is -0.348 e. The molecule has 2 N–H and O–H groups in total. The number of benzene rings is 3. The van der Waals surface area contributed by atoms with E-state index >= 15 is 0 Å². The Morgan fingerprint density at radius 3 is 1.83 bits per heavy atom. The molecule has 0 aliphatic rings. The standard InChI is InChI=1S/C22H17F3N2O2/c23-22(24,25)18-10-12-19(13-11-18)27-21(29)17-8-6-16(7-9-17)20(28)26-14-15-4-2-1-3-5-15/h1-13H,14H2,(H,26,28)(H,27,29). The Hall–Kier alpha value is -3.61. The molecule has 29 heavy (non-hydrogen) atoms. The van der Waals surface area contributed by atoms with Crippen LogP contribution in [0.15, 0.2) is 78.9 Å². The summed E-state index contributed by atoms with van der Waals surface area (Å²) in [5, 5.41) is 5.32. The van der Waals surface area contributed by atoms with E-state index in [1.807, 2.05) is 30.3 Å². The lowest BCUT2D eigenvalue weighted by atomic mass is 10.1. The highest BCUT2D eigenvalue weighted by atomic mass is 19.4. The van der Waals surface area contributed by atoms with Crippen LogP contribution in [0.2, 0.25) is 0 Å². The largest absolute Gasteiger partial charge is 0.416 e. The fourth-order valence-corrected chi connectivity index (χ4v) is 2.60. The number of alkyl halides is 3. The van der Waals surface area contributed by atoms with Gasteiger partial charge in [0.15, 0.2) is 0 Å². The van der Waals surface area contributed by atoms with Gasteiger partial charge in [-0.2, -0.15) is 13.2 Å². The summed E-state index contributed by atoms with van der Waals surface area (Å²) in [6, 6.07) is 19.6. The van der Waals surface area contributed by atoms with Gasteiger partial charge in [0, 0.05) is 23.4 Å². The lowest BCUT2D eigenvalue weighted by molar-refractivity contribution is -0.137. The van der Waals surface area contributed by atoms with Crippen LogP contribution in [0.25, 0.3) is 0 Å². The van der Waals surface area contributed by atoms with E-state index in [1.54, 1.807) is 0 Å². The van der Waals surface area contributed by atoms with Crippen LogP contribution in [-0.2, 0) is 12.7 Å². The minimum atomic E-state index is -4.43. The summed E-state index contributed by atoms with van der Waals surface area (Å²) >= 11 is 0. The van der Waals surface area contributed by atoms with Gasteiger partial charge in [0.2, 0.25) is 0 Å². The predicted molar refractivity (Wildman–Crippen MR) is 103 cm³/mol. The fraction of sp³-hybridized carbons (Fsp3) is 0.0909. The molecule has 0 spiro atoms. The molecule has 0 radical (unpaired) electrons. The van der Waals surface area contributed by atoms with Crippen molar-refractivity contribution in [3.05, 3.63) is 101 Å². The fourth-order valence-electron chi connectivity index (χ4n) is 2.60. The van der Waals surface area contributed by atoms with E-state index in [9.17, 15) is 22.8 Å². The highest BCUT2D eigenvalue weighted by molar-refractivity contribution is 6.05. The van der Waals surface area contributed by atoms with Crippen molar-refractivity contribution in [2.75, 3.05) is 5.32 Å². The summed E-state index contributed by atoms with van der Waals surface area (Å²) in [6.45, 7) is 0.385. The molecule has 148 valence electrons. The molecular formula is C22H17F3N2O2. The maximum Gasteiger partial charge on any atom is 0.416 e. The van der Waals surface area contributed by atoms with Crippen LogP contribution >= 0.6 is 0 Å². The molecule has 0 atom stereocenters. The zero-order valence-corrected chi connectivity index (χ0v) is 15.2. The number of carbonyl (C=O) groups is 2. The third kappa shape index (κ3) is 5.44. The van der Waals surface area contributed by atoms with E-state index in [0.717, 1.165) is 17.7 Å². The van der Waals surface area contributed by atoms with Gasteiger partial charge < -0.3 is 10.6 Å². The first-order valence-electron chi connectivity index (χ1n) is 8.74. The van der Waals surface area contributed by atoms with E-state index in [2.05, 4.69) is 10.6 Å². The first kappa shape index (κ1) is 20.1. The number of rotatable bonds is 5. The molecule has 0 aliphatic carbocycles. The summed E-state index contributed by atoms with van der Waals surface area (Å²) in [4.78, 5) is 24.5. The number of carbonyl (C=O) groups excluding carboxylic acids is 2. The number of nitrogens with one attached hydrogen (secondary N) is 2. The van der Waals surface area contributed by atoms with E-state index in [1.165, 1.54) is 36.4 Å². The molecule has 0 fully saturated rings. The Bertz CT molecular complexity index is 983. The van der Waals surface area contributed by atoms with Crippen molar-refractivity contribution < 1.29 is 22.8 Å². The first-order valence-corrected chi connectivity index (χ1v) is 8.74. The van der Waals surface area contributed by atoms with E-state index < -0.39 is 17.6 Å². The Labute approximate surface area is 165 Å². The van der Waals surface area contributed by atoms with Crippen molar-refractivity contribution in [2.24, 2.45) is 0 Å². The Morgan fingerprint density at radius 1 is 0.724 bits per heavy atom. The molecule has 3 aromatic rings. The average Bonchev–Trinajstić information content (AvgIpc) is 2.72. The van der Waals surface area contributed by atoms with Crippen LogP contribution in [0.1, 0.15) is 31.8 Å². The summed E-state index contributed by atoms with van der Waals surface area (Å²) in [6.07, 6.45) is -4.43. The van der Waals surface area contributed by atoms with Crippen molar-refractivity contribution >= 4 is 17.5 Å². The number of hydrogen-bond acceptors (Lipinski definition) is 2. The molecule has 2 amide bonds. The van der Waals surface area contributed by atoms with Gasteiger partial charge >= 0.3 is 6.18 Å². The monoisotopic (exact) mass is 398 g/mol. The van der Waals surface area contributed by atoms with Crippen LogP contribution in [0.4, 0.5) is 18.9 Å². The van der Waals surface area contributed by atoms with Gasteiger partial charge in [-0.1, -0.05) is 30.3 Å². The van der Waals surface area contributed by atoms with E-state index in [0.29, 0.717) is 12.1 Å². The minimum absolute atomic E-state index is 0.243. The summed E-state index contributed by atoms with van der Waals surface area (Å²) in [5.41, 5.74) is 1.10. The average molecular weight is 398 g/mol. The Balaban J connectivity index is 1.59. The van der Waals surface area contributed by atoms with Gasteiger partial charge in [-0.15, -0.1) is 0 Å². The number of hydrogen-bond donors (Lipinski definition) is 2. The van der Waals surface area contributed by atoms with Crippen molar-refractivity contribution in [3.8, 4) is 0 Å². The first-order chi connectivity index (χ1) is 13.8. The molecule has 0 heterocycles. The third-order valence-electron chi connectivity index (χ3n) is 4.18. The summed E-state index contributed by atoms with van der Waals surface area (Å²) < 4.78 is 37.7. The maximum absolute atomic E-state index is 12.6. The van der Waals surface area contributed by atoms with Gasteiger partial charge in [0.1, 0.15) is 0 Å². The van der Waals surface area contributed by atoms with Crippen molar-refractivity contribution in [2.45, 2.75) is 12.7 Å². The number of anilines is 1. The molecule has 7 heteroatoms. The van der Waals surface area contributed by atoms with Gasteiger partial charge in [-0.3, -0.25) is 9.59 Å². The van der Waals surface area contributed by atoms with Crippen LogP contribution in [0, 0.1) is 0 Å². The number of halogens is 3. The van der Waals surface area contributed by atoms with Gasteiger partial charge in [0.05, 0.1) is 5.56 Å². The van der Waals surface area contributed by atoms with Crippen LogP contribution in [0.5, 0.6) is 0 Å². The van der Waals surface area contributed by atoms with Crippen LogP contribution in [0.3, 0.4) is 0 Å². The lowest BCUT2D eigenvalue weighted by Crippen LogP contribution is -2.22. The molecule has 3 aromatic carbocycles. The van der Waals surface area contributed by atoms with Gasteiger partial charge in [0.25, 0.3) is 11.8 Å². The molecule has 0 unspecified atom stereocenters. The second kappa shape index (κ2) is 8.60. The smallest absolute Gasteiger partial charge is 0.348 e. The van der Waals surface area contributed by atoms with Crippen LogP contribution < -0.4 is 10.6 Å². The maximum atomic E-state index is 12.6. The third-order valence-corrected chi connectivity index (χ3v) is 4.18. The zero-order chi connectivity index (χ0) is 20.9. The molecular weight excluding hydrogens is 381 g/mol. The highest BCUT2D eigenvalue weighted by Crippen LogP contribution is 2.29. The quantitative estimate of drug-likeness (QED) is 0.643. The summed E-state index contributed by atoms with van der Waals surface area (Å²) in [7, 11) is 0. The molecule has 0 aromatic heterocycles. The van der Waals surface area contributed by atoms with Crippen molar-refractivity contribution in [1.29, 1.82) is 0 Å². The highest BCUT2D eigenvalue weighted by Gasteiger charge is 2.30. The molecule has 3 rings (SSSR count). The molecule has 4 nitrogen and oxygen atoms in total. The van der Waals surface area contributed by atoms with Crippen LogP contribution in [-0.4, -0.2) is 11.8 Å². The van der Waals surface area contributed by atoms with E-state index in [4.69, 9.17) is 0 Å². The zero-order valence-electron chi connectivity index (χ0n) is 15.2. The second-order valence-corrected chi connectivity index (χ2v) is 6.27. The Morgan fingerprint density at radius 2 is 1.28 bits per heavy atom. The molecule has 0 aliphatic heterocycles. The van der Waals surface area contributed by atoms with Crippen molar-refractivity contribution in [3.63, 3.8) is 0 Å². The molecule has 0 saturated carbocycles. The van der Waals surface area contributed by atoms with E-state index in [-0.39, 0.29) is 17.2 Å². The van der Waals surface area contributed by atoms with Crippen molar-refractivity contribution in [1.82, 2.24) is 5.32 Å².